The Labute approximate surface area is 95.4 Å². The Bertz CT molecular complexity index is 160. The number of likely N-dealkylation sites (tertiary alicyclic amines) is 1. The summed E-state index contributed by atoms with van der Waals surface area (Å²) in [4.78, 5) is 2.77. The van der Waals surface area contributed by atoms with E-state index in [1.54, 1.807) is 0 Å². The molecule has 0 bridgehead atoms. The molecule has 0 aromatic heterocycles. The first-order chi connectivity index (χ1) is 6.42. The van der Waals surface area contributed by atoms with Gasteiger partial charge in [0.1, 0.15) is 0 Å². The van der Waals surface area contributed by atoms with E-state index in [4.69, 9.17) is 0 Å². The second kappa shape index (κ2) is 4.96. The molecule has 2 heteroatoms. The Morgan fingerprint density at radius 1 is 1.15 bits per heavy atom. The molecule has 0 radical (unpaired) electrons. The van der Waals surface area contributed by atoms with Crippen LogP contribution in [0.1, 0.15) is 38.5 Å². The van der Waals surface area contributed by atoms with E-state index in [9.17, 15) is 0 Å². The SMILES string of the molecule is ICCCN1CC[C@H]2CCCC[C@H]21. The molecule has 0 N–H and O–H groups in total. The molecule has 0 amide bonds. The highest BCUT2D eigenvalue weighted by Gasteiger charge is 2.34. The first kappa shape index (κ1) is 10.2. The van der Waals surface area contributed by atoms with Crippen molar-refractivity contribution in [3.05, 3.63) is 0 Å². The maximum Gasteiger partial charge on any atom is 0.0124 e. The zero-order valence-corrected chi connectivity index (χ0v) is 10.5. The number of rotatable bonds is 3. The van der Waals surface area contributed by atoms with Crippen molar-refractivity contribution in [2.45, 2.75) is 44.6 Å². The average molecular weight is 293 g/mol. The third-order valence-corrected chi connectivity index (χ3v) is 4.47. The van der Waals surface area contributed by atoms with Gasteiger partial charge in [-0.25, -0.2) is 0 Å². The normalized spacial score (nSPS) is 34.8. The Kier molecular flexibility index (Phi) is 3.90. The number of hydrogen-bond donors (Lipinski definition) is 0. The van der Waals surface area contributed by atoms with Crippen LogP contribution in [0.5, 0.6) is 0 Å². The molecule has 13 heavy (non-hydrogen) atoms. The van der Waals surface area contributed by atoms with Crippen molar-refractivity contribution in [2.24, 2.45) is 5.92 Å². The monoisotopic (exact) mass is 293 g/mol. The molecule has 1 heterocycles. The van der Waals surface area contributed by atoms with E-state index in [1.165, 1.54) is 56.0 Å². The van der Waals surface area contributed by atoms with Gasteiger partial charge < -0.3 is 4.90 Å². The van der Waals surface area contributed by atoms with Gasteiger partial charge in [0.2, 0.25) is 0 Å². The summed E-state index contributed by atoms with van der Waals surface area (Å²) in [5, 5.41) is 0. The molecule has 0 spiro atoms. The van der Waals surface area contributed by atoms with Gasteiger partial charge in [0.15, 0.2) is 0 Å². The van der Waals surface area contributed by atoms with Gasteiger partial charge >= 0.3 is 0 Å². The van der Waals surface area contributed by atoms with Crippen LogP contribution in [0.3, 0.4) is 0 Å². The van der Waals surface area contributed by atoms with Gasteiger partial charge in [-0.3, -0.25) is 0 Å². The molecule has 1 aliphatic heterocycles. The lowest BCUT2D eigenvalue weighted by Gasteiger charge is -2.31. The third kappa shape index (κ3) is 2.38. The third-order valence-electron chi connectivity index (χ3n) is 3.70. The van der Waals surface area contributed by atoms with Crippen LogP contribution >= 0.6 is 22.6 Å². The Hall–Kier alpha value is 0.690. The maximum absolute atomic E-state index is 2.77. The quantitative estimate of drug-likeness (QED) is 0.571. The molecule has 76 valence electrons. The molecule has 1 aliphatic carbocycles. The smallest absolute Gasteiger partial charge is 0.0124 e. The zero-order valence-electron chi connectivity index (χ0n) is 8.34. The summed E-state index contributed by atoms with van der Waals surface area (Å²) in [7, 11) is 0. The van der Waals surface area contributed by atoms with E-state index < -0.39 is 0 Å². The van der Waals surface area contributed by atoms with Crippen molar-refractivity contribution in [1.29, 1.82) is 0 Å². The standard InChI is InChI=1S/C11H20IN/c12-7-3-8-13-9-6-10-4-1-2-5-11(10)13/h10-11H,1-9H2/t10-,11-/m1/s1. The number of halogens is 1. The largest absolute Gasteiger partial charge is 0.300 e. The second-order valence-corrected chi connectivity index (χ2v) is 5.56. The molecule has 2 atom stereocenters. The molecule has 0 aromatic carbocycles. The highest BCUT2D eigenvalue weighted by molar-refractivity contribution is 14.1. The van der Waals surface area contributed by atoms with Gasteiger partial charge in [0.05, 0.1) is 0 Å². The fourth-order valence-electron chi connectivity index (χ4n) is 3.04. The molecule has 1 saturated heterocycles. The molecular weight excluding hydrogens is 273 g/mol. The van der Waals surface area contributed by atoms with Crippen molar-refractivity contribution < 1.29 is 0 Å². The van der Waals surface area contributed by atoms with Crippen LogP contribution in [0.15, 0.2) is 0 Å². The van der Waals surface area contributed by atoms with Gasteiger partial charge in [0.25, 0.3) is 0 Å². The van der Waals surface area contributed by atoms with Crippen LogP contribution in [-0.2, 0) is 0 Å². The predicted molar refractivity (Wildman–Crippen MR) is 65.4 cm³/mol. The summed E-state index contributed by atoms with van der Waals surface area (Å²) in [5.41, 5.74) is 0. The van der Waals surface area contributed by atoms with Gasteiger partial charge in [-0.15, -0.1) is 0 Å². The van der Waals surface area contributed by atoms with E-state index in [2.05, 4.69) is 27.5 Å². The topological polar surface area (TPSA) is 3.24 Å². The predicted octanol–water partition coefficient (Wildman–Crippen LogP) is 3.08. The van der Waals surface area contributed by atoms with Gasteiger partial charge in [-0.2, -0.15) is 0 Å². The van der Waals surface area contributed by atoms with E-state index in [1.807, 2.05) is 0 Å². The minimum atomic E-state index is 0.983. The van der Waals surface area contributed by atoms with E-state index in [0.29, 0.717) is 0 Å². The summed E-state index contributed by atoms with van der Waals surface area (Å²) in [6, 6.07) is 0.983. The molecule has 1 saturated carbocycles. The van der Waals surface area contributed by atoms with E-state index in [-0.39, 0.29) is 0 Å². The summed E-state index contributed by atoms with van der Waals surface area (Å²) >= 11 is 2.49. The lowest BCUT2D eigenvalue weighted by atomic mass is 9.85. The van der Waals surface area contributed by atoms with Crippen LogP contribution in [0.2, 0.25) is 0 Å². The average Bonchev–Trinajstić information content (AvgIpc) is 2.58. The molecule has 1 nitrogen and oxygen atoms in total. The van der Waals surface area contributed by atoms with Crippen molar-refractivity contribution in [1.82, 2.24) is 4.90 Å². The fourth-order valence-corrected chi connectivity index (χ4v) is 3.38. The summed E-state index contributed by atoms with van der Waals surface area (Å²) in [6.45, 7) is 2.76. The van der Waals surface area contributed by atoms with Gasteiger partial charge in [-0.05, 0) is 44.7 Å². The molecule has 2 rings (SSSR count). The van der Waals surface area contributed by atoms with Crippen LogP contribution in [0.25, 0.3) is 0 Å². The number of alkyl halides is 1. The molecule has 2 aliphatic rings. The van der Waals surface area contributed by atoms with Crippen molar-refractivity contribution in [3.8, 4) is 0 Å². The molecule has 2 fully saturated rings. The zero-order chi connectivity index (χ0) is 9.10. The maximum atomic E-state index is 2.77. The van der Waals surface area contributed by atoms with Crippen LogP contribution in [0, 0.1) is 5.92 Å². The molecular formula is C11H20IN. The summed E-state index contributed by atoms with van der Waals surface area (Å²) in [5.74, 6) is 1.07. The fraction of sp³-hybridized carbons (Fsp3) is 1.00. The number of nitrogens with zero attached hydrogens (tertiary/aromatic N) is 1. The number of fused-ring (bicyclic) bond motifs is 1. The van der Waals surface area contributed by atoms with Crippen LogP contribution in [-0.4, -0.2) is 28.5 Å². The second-order valence-electron chi connectivity index (χ2n) is 4.48. The first-order valence-electron chi connectivity index (χ1n) is 5.72. The van der Waals surface area contributed by atoms with Crippen molar-refractivity contribution in [2.75, 3.05) is 17.5 Å². The first-order valence-corrected chi connectivity index (χ1v) is 7.24. The van der Waals surface area contributed by atoms with E-state index in [0.717, 1.165) is 12.0 Å². The minimum Gasteiger partial charge on any atom is -0.300 e. The summed E-state index contributed by atoms with van der Waals surface area (Å²) < 4.78 is 1.33. The van der Waals surface area contributed by atoms with Crippen LogP contribution in [0.4, 0.5) is 0 Å². The highest BCUT2D eigenvalue weighted by Crippen LogP contribution is 2.35. The molecule has 0 unspecified atom stereocenters. The Morgan fingerprint density at radius 2 is 2.00 bits per heavy atom. The Balaban J connectivity index is 1.84. The highest BCUT2D eigenvalue weighted by atomic mass is 127. The Morgan fingerprint density at radius 3 is 2.85 bits per heavy atom. The summed E-state index contributed by atoms with van der Waals surface area (Å²) in [6.07, 6.45) is 8.89. The molecule has 0 aromatic rings. The van der Waals surface area contributed by atoms with Gasteiger partial charge in [-0.1, -0.05) is 35.4 Å². The van der Waals surface area contributed by atoms with Gasteiger partial charge in [0, 0.05) is 10.5 Å². The van der Waals surface area contributed by atoms with Crippen molar-refractivity contribution in [3.63, 3.8) is 0 Å². The number of hydrogen-bond acceptors (Lipinski definition) is 1. The van der Waals surface area contributed by atoms with E-state index >= 15 is 0 Å². The van der Waals surface area contributed by atoms with Crippen LogP contribution < -0.4 is 0 Å². The lowest BCUT2D eigenvalue weighted by Crippen LogP contribution is -2.35. The van der Waals surface area contributed by atoms with Crippen molar-refractivity contribution >= 4 is 22.6 Å². The lowest BCUT2D eigenvalue weighted by molar-refractivity contribution is 0.183. The minimum absolute atomic E-state index is 0.983.